The number of ether oxygens (including phenoxy) is 1. The first kappa shape index (κ1) is 14.8. The van der Waals surface area contributed by atoms with Gasteiger partial charge in [-0.05, 0) is 19.8 Å². The van der Waals surface area contributed by atoms with Crippen LogP contribution in [0.15, 0.2) is 0 Å². The van der Waals surface area contributed by atoms with Crippen molar-refractivity contribution in [1.29, 1.82) is 0 Å². The molecule has 0 aliphatic carbocycles. The van der Waals surface area contributed by atoms with Gasteiger partial charge in [0.1, 0.15) is 0 Å². The molecule has 0 aromatic rings. The number of hydrogen-bond donors (Lipinski definition) is 2. The largest absolute Gasteiger partial charge is 0.374 e. The van der Waals surface area contributed by atoms with Gasteiger partial charge in [0.2, 0.25) is 5.91 Å². The minimum Gasteiger partial charge on any atom is -0.374 e. The fourth-order valence-corrected chi connectivity index (χ4v) is 3.11. The van der Waals surface area contributed by atoms with Crippen LogP contribution in [0.4, 0.5) is 0 Å². The van der Waals surface area contributed by atoms with Crippen LogP contribution in [0.25, 0.3) is 0 Å². The Bertz CT molecular complexity index is 305. The monoisotopic (exact) mass is 269 g/mol. The van der Waals surface area contributed by atoms with Crippen LogP contribution >= 0.6 is 0 Å². The average Bonchev–Trinajstić information content (AvgIpc) is 2.64. The maximum absolute atomic E-state index is 12.2. The van der Waals surface area contributed by atoms with Crippen molar-refractivity contribution >= 4 is 5.91 Å². The predicted octanol–water partition coefficient (Wildman–Crippen LogP) is 0.0673. The van der Waals surface area contributed by atoms with Crippen molar-refractivity contribution in [3.8, 4) is 0 Å². The maximum Gasteiger partial charge on any atom is 0.226 e. The molecule has 2 aliphatic rings. The third-order valence-corrected chi connectivity index (χ3v) is 4.48. The highest BCUT2D eigenvalue weighted by Crippen LogP contribution is 2.32. The Morgan fingerprint density at radius 3 is 2.53 bits per heavy atom. The summed E-state index contributed by atoms with van der Waals surface area (Å²) in [6, 6.07) is 0. The van der Waals surface area contributed by atoms with E-state index < -0.39 is 0 Å². The lowest BCUT2D eigenvalue weighted by atomic mass is 9.89. The number of nitrogens with zero attached hydrogens (tertiary/aromatic N) is 1. The Balaban J connectivity index is 1.72. The number of nitrogens with one attached hydrogen (secondary N) is 2. The Morgan fingerprint density at radius 1 is 1.26 bits per heavy atom. The third kappa shape index (κ3) is 3.68. The van der Waals surface area contributed by atoms with Gasteiger partial charge in [-0.1, -0.05) is 6.92 Å². The third-order valence-electron chi connectivity index (χ3n) is 4.48. The molecule has 5 nitrogen and oxygen atoms in total. The Hall–Kier alpha value is -0.650. The zero-order valence-electron chi connectivity index (χ0n) is 12.3. The molecule has 110 valence electrons. The highest BCUT2D eigenvalue weighted by atomic mass is 16.5. The zero-order chi connectivity index (χ0) is 13.8. The van der Waals surface area contributed by atoms with Crippen LogP contribution in [0.1, 0.15) is 20.8 Å². The molecule has 4 atom stereocenters. The molecule has 2 fully saturated rings. The van der Waals surface area contributed by atoms with Crippen LogP contribution < -0.4 is 10.6 Å². The Morgan fingerprint density at radius 2 is 1.95 bits per heavy atom. The van der Waals surface area contributed by atoms with Gasteiger partial charge in [-0.15, -0.1) is 0 Å². The molecule has 0 bridgehead atoms. The lowest BCUT2D eigenvalue weighted by Gasteiger charge is -2.27. The molecule has 2 rings (SSSR count). The SMILES string of the molecule is CC1OC(C)C(C(=O)NCCN2CCNCC2)C1C. The van der Waals surface area contributed by atoms with Crippen LogP contribution in [-0.4, -0.2) is 62.3 Å². The van der Waals surface area contributed by atoms with Crippen molar-refractivity contribution in [3.63, 3.8) is 0 Å². The predicted molar refractivity (Wildman–Crippen MR) is 75.0 cm³/mol. The summed E-state index contributed by atoms with van der Waals surface area (Å²) in [7, 11) is 0. The van der Waals surface area contributed by atoms with Crippen LogP contribution in [0.3, 0.4) is 0 Å². The van der Waals surface area contributed by atoms with Gasteiger partial charge in [-0.2, -0.15) is 0 Å². The molecule has 0 saturated carbocycles. The molecule has 1 amide bonds. The lowest BCUT2D eigenvalue weighted by molar-refractivity contribution is -0.127. The molecule has 0 aromatic carbocycles. The Kier molecular flexibility index (Phi) is 5.19. The van der Waals surface area contributed by atoms with Crippen molar-refractivity contribution in [2.75, 3.05) is 39.3 Å². The normalized spacial score (nSPS) is 36.4. The van der Waals surface area contributed by atoms with E-state index >= 15 is 0 Å². The van der Waals surface area contributed by atoms with Gasteiger partial charge in [0.25, 0.3) is 0 Å². The summed E-state index contributed by atoms with van der Waals surface area (Å²) < 4.78 is 5.72. The molecule has 0 spiro atoms. The molecule has 19 heavy (non-hydrogen) atoms. The van der Waals surface area contributed by atoms with Crippen molar-refractivity contribution < 1.29 is 9.53 Å². The van der Waals surface area contributed by atoms with Gasteiger partial charge < -0.3 is 15.4 Å². The van der Waals surface area contributed by atoms with E-state index in [0.717, 1.165) is 39.3 Å². The first-order valence-corrected chi connectivity index (χ1v) is 7.46. The van der Waals surface area contributed by atoms with E-state index in [1.807, 2.05) is 6.92 Å². The van der Waals surface area contributed by atoms with E-state index in [9.17, 15) is 4.79 Å². The maximum atomic E-state index is 12.2. The average molecular weight is 269 g/mol. The summed E-state index contributed by atoms with van der Waals surface area (Å²) in [5.74, 6) is 0.451. The van der Waals surface area contributed by atoms with Gasteiger partial charge >= 0.3 is 0 Å². The van der Waals surface area contributed by atoms with E-state index in [1.165, 1.54) is 0 Å². The Labute approximate surface area is 116 Å². The zero-order valence-corrected chi connectivity index (χ0v) is 12.3. The van der Waals surface area contributed by atoms with Crippen LogP contribution in [-0.2, 0) is 9.53 Å². The van der Waals surface area contributed by atoms with Crippen LogP contribution in [0.5, 0.6) is 0 Å². The van der Waals surface area contributed by atoms with Crippen LogP contribution in [0.2, 0.25) is 0 Å². The van der Waals surface area contributed by atoms with E-state index in [-0.39, 0.29) is 24.0 Å². The molecule has 2 aliphatic heterocycles. The number of amides is 1. The fourth-order valence-electron chi connectivity index (χ4n) is 3.11. The summed E-state index contributed by atoms with van der Waals surface area (Å²) in [6.45, 7) is 12.1. The number of carbonyl (C=O) groups excluding carboxylic acids is 1. The molecule has 0 aromatic heterocycles. The summed E-state index contributed by atoms with van der Waals surface area (Å²) in [4.78, 5) is 14.6. The second-order valence-corrected chi connectivity index (χ2v) is 5.81. The van der Waals surface area contributed by atoms with Gasteiger partial charge in [-0.3, -0.25) is 9.69 Å². The van der Waals surface area contributed by atoms with Crippen LogP contribution in [0, 0.1) is 11.8 Å². The van der Waals surface area contributed by atoms with Crippen molar-refractivity contribution in [2.24, 2.45) is 11.8 Å². The van der Waals surface area contributed by atoms with E-state index in [0.29, 0.717) is 5.92 Å². The minimum atomic E-state index is -0.00183. The summed E-state index contributed by atoms with van der Waals surface area (Å²) in [5, 5.41) is 6.40. The quantitative estimate of drug-likeness (QED) is 0.758. The molecule has 0 radical (unpaired) electrons. The number of carbonyl (C=O) groups is 1. The summed E-state index contributed by atoms with van der Waals surface area (Å²) in [5.41, 5.74) is 0. The lowest BCUT2D eigenvalue weighted by Crippen LogP contribution is -2.47. The van der Waals surface area contributed by atoms with Gasteiger partial charge in [0.15, 0.2) is 0 Å². The summed E-state index contributed by atoms with van der Waals surface area (Å²) in [6.07, 6.45) is 0.211. The van der Waals surface area contributed by atoms with E-state index in [1.54, 1.807) is 0 Å². The van der Waals surface area contributed by atoms with E-state index in [2.05, 4.69) is 29.4 Å². The molecule has 4 unspecified atom stereocenters. The highest BCUT2D eigenvalue weighted by Gasteiger charge is 2.41. The molecule has 5 heteroatoms. The number of rotatable bonds is 4. The second-order valence-electron chi connectivity index (χ2n) is 5.81. The standard InChI is InChI=1S/C14H27N3O2/c1-10-11(2)19-12(3)13(10)14(18)16-6-9-17-7-4-15-5-8-17/h10-13,15H,4-9H2,1-3H3,(H,16,18). The first-order valence-electron chi connectivity index (χ1n) is 7.46. The fraction of sp³-hybridized carbons (Fsp3) is 0.929. The second kappa shape index (κ2) is 6.68. The molecular formula is C14H27N3O2. The van der Waals surface area contributed by atoms with Crippen molar-refractivity contribution in [1.82, 2.24) is 15.5 Å². The first-order chi connectivity index (χ1) is 9.09. The van der Waals surface area contributed by atoms with Gasteiger partial charge in [0, 0.05) is 39.3 Å². The molecule has 2 heterocycles. The van der Waals surface area contributed by atoms with Crippen molar-refractivity contribution in [2.45, 2.75) is 33.0 Å². The molecule has 2 N–H and O–H groups in total. The number of piperazine rings is 1. The smallest absolute Gasteiger partial charge is 0.226 e. The molecular weight excluding hydrogens is 242 g/mol. The van der Waals surface area contributed by atoms with E-state index in [4.69, 9.17) is 4.74 Å². The van der Waals surface area contributed by atoms with Gasteiger partial charge in [0.05, 0.1) is 18.1 Å². The highest BCUT2D eigenvalue weighted by molar-refractivity contribution is 5.79. The van der Waals surface area contributed by atoms with Gasteiger partial charge in [-0.25, -0.2) is 0 Å². The molecule has 2 saturated heterocycles. The summed E-state index contributed by atoms with van der Waals surface area (Å²) >= 11 is 0. The van der Waals surface area contributed by atoms with Crippen molar-refractivity contribution in [3.05, 3.63) is 0 Å². The topological polar surface area (TPSA) is 53.6 Å². The number of hydrogen-bond acceptors (Lipinski definition) is 4. The minimum absolute atomic E-state index is 0.00183.